The summed E-state index contributed by atoms with van der Waals surface area (Å²) in [6, 6.07) is 40.7. The van der Waals surface area contributed by atoms with E-state index in [0.717, 1.165) is 76.1 Å². The van der Waals surface area contributed by atoms with Gasteiger partial charge in [0.2, 0.25) is 0 Å². The van der Waals surface area contributed by atoms with Gasteiger partial charge in [-0.3, -0.25) is 0 Å². The van der Waals surface area contributed by atoms with Crippen molar-refractivity contribution < 1.29 is 18.1 Å². The average Bonchev–Trinajstić information content (AvgIpc) is 3.69. The maximum absolute atomic E-state index is 8.95. The Hall–Kier alpha value is -6.96. The van der Waals surface area contributed by atoms with E-state index in [0.29, 0.717) is 22.3 Å². The highest BCUT2D eigenvalue weighted by molar-refractivity contribution is 6.23. The van der Waals surface area contributed by atoms with Gasteiger partial charge in [-0.2, -0.15) is 0 Å². The molecule has 0 N–H and O–H groups in total. The van der Waals surface area contributed by atoms with Gasteiger partial charge in [-0.15, -0.1) is 0 Å². The predicted molar refractivity (Wildman–Crippen MR) is 225 cm³/mol. The van der Waals surface area contributed by atoms with E-state index >= 15 is 0 Å². The molecule has 0 radical (unpaired) electrons. The van der Waals surface area contributed by atoms with Crippen molar-refractivity contribution in [1.29, 1.82) is 0 Å². The number of benzene rings is 10. The van der Waals surface area contributed by atoms with E-state index in [9.17, 15) is 0 Å². The summed E-state index contributed by atoms with van der Waals surface area (Å²) in [5, 5.41) is 9.08. The van der Waals surface area contributed by atoms with Crippen LogP contribution in [0.15, 0.2) is 198 Å². The third-order valence-corrected chi connectivity index (χ3v) is 10.4. The van der Waals surface area contributed by atoms with Crippen molar-refractivity contribution in [3.8, 4) is 44.5 Å². The number of hydrogen-bond acceptors (Lipinski definition) is 1. The summed E-state index contributed by atoms with van der Waals surface area (Å²) >= 11 is 0. The van der Waals surface area contributed by atoms with Crippen molar-refractivity contribution in [3.05, 3.63) is 194 Å². The molecule has 1 heteroatoms. The van der Waals surface area contributed by atoms with Crippen LogP contribution in [0.4, 0.5) is 0 Å². The van der Waals surface area contributed by atoms with Crippen molar-refractivity contribution in [3.63, 3.8) is 0 Å². The van der Waals surface area contributed by atoms with Crippen LogP contribution in [-0.4, -0.2) is 0 Å². The van der Waals surface area contributed by atoms with Gasteiger partial charge < -0.3 is 4.42 Å². The number of hydrogen-bond donors (Lipinski definition) is 0. The monoisotopic (exact) mass is 682 g/mol. The molecule has 0 atom stereocenters. The molecule has 0 aliphatic heterocycles. The summed E-state index contributed by atoms with van der Waals surface area (Å²) < 4.78 is 91.6. The number of fused-ring (bicyclic) bond motifs is 8. The molecule has 0 spiro atoms. The molecule has 0 aliphatic carbocycles. The number of para-hydroxylation sites is 1. The molecule has 1 nitrogen and oxygen atoms in total. The lowest BCUT2D eigenvalue weighted by atomic mass is 9.84. The van der Waals surface area contributed by atoms with Gasteiger partial charge in [0.05, 0.1) is 13.7 Å². The van der Waals surface area contributed by atoms with E-state index < -0.39 is 24.2 Å². The lowest BCUT2D eigenvalue weighted by Crippen LogP contribution is -1.91. The van der Waals surface area contributed by atoms with Crippen LogP contribution in [0.2, 0.25) is 0 Å². The Kier molecular flexibility index (Phi) is 4.77. The van der Waals surface area contributed by atoms with Gasteiger partial charge in [0.25, 0.3) is 0 Å². The normalized spacial score (nSPS) is 14.4. The molecule has 0 aliphatic rings. The van der Waals surface area contributed by atoms with Crippen LogP contribution in [0, 0.1) is 0 Å². The second-order valence-electron chi connectivity index (χ2n) is 13.2. The summed E-state index contributed by atoms with van der Waals surface area (Å²) in [4.78, 5) is 0. The summed E-state index contributed by atoms with van der Waals surface area (Å²) in [6.45, 7) is 0. The van der Waals surface area contributed by atoms with Crippen molar-refractivity contribution >= 4 is 65.0 Å². The predicted octanol–water partition coefficient (Wildman–Crippen LogP) is 14.9. The number of rotatable bonds is 4. The molecule has 0 saturated carbocycles. The Morgan fingerprint density at radius 3 is 1.60 bits per heavy atom. The fourth-order valence-corrected chi connectivity index (χ4v) is 8.13. The van der Waals surface area contributed by atoms with Gasteiger partial charge in [-0.1, -0.05) is 170 Å². The van der Waals surface area contributed by atoms with Crippen molar-refractivity contribution in [2.45, 2.75) is 0 Å². The topological polar surface area (TPSA) is 13.1 Å². The van der Waals surface area contributed by atoms with Gasteiger partial charge in [-0.05, 0) is 106 Å². The molecular weight excluding hydrogens is 641 g/mol. The van der Waals surface area contributed by atoms with E-state index in [1.807, 2.05) is 84.9 Å². The number of furan rings is 1. The first kappa shape index (κ1) is 21.4. The summed E-state index contributed by atoms with van der Waals surface area (Å²) in [7, 11) is 0. The Balaban J connectivity index is 1.14. The van der Waals surface area contributed by atoms with E-state index in [1.54, 1.807) is 6.07 Å². The molecule has 0 saturated heterocycles. The van der Waals surface area contributed by atoms with Crippen LogP contribution in [0.3, 0.4) is 0 Å². The van der Waals surface area contributed by atoms with Crippen molar-refractivity contribution in [1.82, 2.24) is 0 Å². The standard InChI is InChI=1S/C52H32O/c1-3-14-33(15-4-1)39-24-13-25-45-48-31-36(27-29-49(48)53-52(39)45)46-30-35-18-7-8-19-38(35)47-32-37(26-28-40(46)47)51-43-22-11-9-20-41(43)50(34-16-5-2-6-17-34)42-21-10-12-23-44(42)51/h1-32H/i1D,2D,3D,4D,5D,6D,14D,15D,16D,17D. The molecule has 1 aromatic heterocycles. The Labute approximate surface area is 321 Å². The van der Waals surface area contributed by atoms with Crippen LogP contribution >= 0.6 is 0 Å². The molecule has 11 rings (SSSR count). The van der Waals surface area contributed by atoms with E-state index in [-0.39, 0.29) is 47.4 Å². The van der Waals surface area contributed by atoms with Crippen LogP contribution < -0.4 is 0 Å². The molecule has 1 heterocycles. The molecule has 0 amide bonds. The van der Waals surface area contributed by atoms with Crippen LogP contribution in [-0.2, 0) is 0 Å². The van der Waals surface area contributed by atoms with Gasteiger partial charge in [0.15, 0.2) is 0 Å². The lowest BCUT2D eigenvalue weighted by Gasteiger charge is -2.19. The van der Waals surface area contributed by atoms with Gasteiger partial charge >= 0.3 is 0 Å². The third-order valence-electron chi connectivity index (χ3n) is 10.4. The molecule has 53 heavy (non-hydrogen) atoms. The summed E-state index contributed by atoms with van der Waals surface area (Å²) in [5.41, 5.74) is 6.19. The third kappa shape index (κ3) is 4.64. The average molecular weight is 683 g/mol. The maximum atomic E-state index is 8.95. The Bertz CT molecular complexity index is 3700. The van der Waals surface area contributed by atoms with Gasteiger partial charge in [0, 0.05) is 16.3 Å². The zero-order valence-electron chi connectivity index (χ0n) is 38.1. The molecule has 246 valence electrons. The zero-order chi connectivity index (χ0) is 43.6. The highest BCUT2D eigenvalue weighted by Crippen LogP contribution is 2.46. The van der Waals surface area contributed by atoms with E-state index in [1.165, 1.54) is 0 Å². The Morgan fingerprint density at radius 1 is 0.340 bits per heavy atom. The smallest absolute Gasteiger partial charge is 0.143 e. The van der Waals surface area contributed by atoms with Crippen LogP contribution in [0.25, 0.3) is 110 Å². The van der Waals surface area contributed by atoms with E-state index in [2.05, 4.69) is 42.5 Å². The molecular formula is C52H32O. The van der Waals surface area contributed by atoms with Gasteiger partial charge in [0.1, 0.15) is 11.2 Å². The molecule has 0 bridgehead atoms. The van der Waals surface area contributed by atoms with Crippen LogP contribution in [0.5, 0.6) is 0 Å². The second kappa shape index (κ2) is 11.8. The fourth-order valence-electron chi connectivity index (χ4n) is 8.13. The van der Waals surface area contributed by atoms with Crippen molar-refractivity contribution in [2.24, 2.45) is 0 Å². The quantitative estimate of drug-likeness (QED) is 0.133. The fraction of sp³-hybridized carbons (Fsp3) is 0. The first-order valence-electron chi connectivity index (χ1n) is 22.4. The minimum atomic E-state index is -0.448. The molecule has 0 unspecified atom stereocenters. The first-order valence-corrected chi connectivity index (χ1v) is 17.4. The van der Waals surface area contributed by atoms with E-state index in [4.69, 9.17) is 18.1 Å². The largest absolute Gasteiger partial charge is 0.455 e. The summed E-state index contributed by atoms with van der Waals surface area (Å²) in [6.07, 6.45) is 0. The zero-order valence-corrected chi connectivity index (χ0v) is 28.1. The minimum Gasteiger partial charge on any atom is -0.455 e. The van der Waals surface area contributed by atoms with Crippen LogP contribution in [0.1, 0.15) is 13.7 Å². The first-order chi connectivity index (χ1) is 30.4. The molecule has 11 aromatic rings. The Morgan fingerprint density at radius 2 is 0.906 bits per heavy atom. The summed E-state index contributed by atoms with van der Waals surface area (Å²) in [5.74, 6) is 0. The highest BCUT2D eigenvalue weighted by atomic mass is 16.3. The van der Waals surface area contributed by atoms with Crippen molar-refractivity contribution in [2.75, 3.05) is 0 Å². The maximum Gasteiger partial charge on any atom is 0.143 e. The van der Waals surface area contributed by atoms with Gasteiger partial charge in [-0.25, -0.2) is 0 Å². The molecule has 10 aromatic carbocycles. The highest BCUT2D eigenvalue weighted by Gasteiger charge is 2.19. The minimum absolute atomic E-state index is 0.0893. The molecule has 0 fully saturated rings. The lowest BCUT2D eigenvalue weighted by molar-refractivity contribution is 0.670. The SMILES string of the molecule is [2H]c1c([2H])c([2H])c(-c2c3ccccc3c(-c3ccc4c(-c5ccc6oc7c(-c8c([2H])c([2H])c([2H])c([2H])c8[2H])cccc7c6c5)cc5ccccc5c4c3)c3ccccc23)c([2H])c1[2H]. The second-order valence-corrected chi connectivity index (χ2v) is 13.2.